The molecule has 2 fully saturated rings. The van der Waals surface area contributed by atoms with Crippen molar-refractivity contribution in [3.63, 3.8) is 0 Å². The number of hydrogen-bond donors (Lipinski definition) is 2. The summed E-state index contributed by atoms with van der Waals surface area (Å²) in [5.41, 5.74) is -0.785. The summed E-state index contributed by atoms with van der Waals surface area (Å²) in [4.78, 5) is 0. The molecule has 0 atom stereocenters. The first-order chi connectivity index (χ1) is 7.22. The summed E-state index contributed by atoms with van der Waals surface area (Å²) >= 11 is 3.87. The Bertz CT molecular complexity index is 209. The first-order valence-electron chi connectivity index (χ1n) is 5.71. The average Bonchev–Trinajstić information content (AvgIpc) is 2.31. The lowest BCUT2D eigenvalue weighted by Crippen LogP contribution is -2.54. The normalized spacial score (nSPS) is 30.0. The molecule has 0 radical (unpaired) electrons. The minimum absolute atomic E-state index is 0.161. The van der Waals surface area contributed by atoms with Crippen molar-refractivity contribution in [1.29, 1.82) is 0 Å². The molecule has 0 bridgehead atoms. The molecule has 0 unspecified atom stereocenters. The molecule has 2 aliphatic heterocycles. The first-order valence-corrected chi connectivity index (χ1v) is 8.02. The summed E-state index contributed by atoms with van der Waals surface area (Å²) in [5.74, 6) is 4.28. The average molecular weight is 248 g/mol. The second-order valence-electron chi connectivity index (χ2n) is 4.69. The van der Waals surface area contributed by atoms with Crippen LogP contribution in [0, 0.1) is 5.41 Å². The van der Waals surface area contributed by atoms with Gasteiger partial charge in [-0.05, 0) is 48.7 Å². The van der Waals surface area contributed by atoms with Crippen LogP contribution in [-0.2, 0) is 0 Å². The molecule has 0 amide bonds. The van der Waals surface area contributed by atoms with Gasteiger partial charge in [0, 0.05) is 5.41 Å². The third-order valence-electron chi connectivity index (χ3n) is 4.06. The van der Waals surface area contributed by atoms with Gasteiger partial charge in [0.25, 0.3) is 0 Å². The Kier molecular flexibility index (Phi) is 3.92. The highest BCUT2D eigenvalue weighted by molar-refractivity contribution is 7.99. The van der Waals surface area contributed by atoms with Crippen LogP contribution in [0.5, 0.6) is 0 Å². The molecule has 4 heteroatoms. The van der Waals surface area contributed by atoms with E-state index in [1.807, 2.05) is 23.5 Å². The molecule has 0 aliphatic carbocycles. The van der Waals surface area contributed by atoms with Gasteiger partial charge in [-0.2, -0.15) is 23.5 Å². The molecule has 2 aliphatic rings. The first kappa shape index (κ1) is 12.1. The van der Waals surface area contributed by atoms with Crippen molar-refractivity contribution < 1.29 is 10.2 Å². The van der Waals surface area contributed by atoms with E-state index >= 15 is 0 Å². The van der Waals surface area contributed by atoms with Gasteiger partial charge in [-0.3, -0.25) is 0 Å². The van der Waals surface area contributed by atoms with E-state index in [1.165, 1.54) is 0 Å². The van der Waals surface area contributed by atoms with E-state index in [-0.39, 0.29) is 12.0 Å². The molecule has 0 spiro atoms. The van der Waals surface area contributed by atoms with Gasteiger partial charge in [-0.15, -0.1) is 0 Å². The molecule has 0 saturated carbocycles. The van der Waals surface area contributed by atoms with Crippen molar-refractivity contribution in [2.24, 2.45) is 5.41 Å². The fourth-order valence-corrected chi connectivity index (χ4v) is 5.21. The van der Waals surface area contributed by atoms with Crippen LogP contribution in [-0.4, -0.2) is 45.4 Å². The van der Waals surface area contributed by atoms with Crippen molar-refractivity contribution in [2.75, 3.05) is 29.6 Å². The highest BCUT2D eigenvalue weighted by Gasteiger charge is 2.50. The van der Waals surface area contributed by atoms with Crippen molar-refractivity contribution in [3.05, 3.63) is 0 Å². The van der Waals surface area contributed by atoms with Gasteiger partial charge in [0.2, 0.25) is 0 Å². The molecule has 0 aromatic rings. The largest absolute Gasteiger partial charge is 0.396 e. The van der Waals surface area contributed by atoms with E-state index in [2.05, 4.69) is 0 Å². The molecule has 2 nitrogen and oxygen atoms in total. The van der Waals surface area contributed by atoms with Gasteiger partial charge in [0.15, 0.2) is 0 Å². The van der Waals surface area contributed by atoms with Crippen molar-refractivity contribution in [2.45, 2.75) is 31.3 Å². The van der Waals surface area contributed by atoms with Gasteiger partial charge in [-0.25, -0.2) is 0 Å². The lowest BCUT2D eigenvalue weighted by molar-refractivity contribution is -0.119. The maximum Gasteiger partial charge on any atom is 0.0741 e. The predicted molar refractivity (Wildman–Crippen MR) is 67.6 cm³/mol. The van der Waals surface area contributed by atoms with E-state index < -0.39 is 5.60 Å². The van der Waals surface area contributed by atoms with Gasteiger partial charge < -0.3 is 10.2 Å². The van der Waals surface area contributed by atoms with E-state index in [1.54, 1.807) is 0 Å². The third kappa shape index (κ3) is 2.19. The monoisotopic (exact) mass is 248 g/mol. The molecule has 0 aromatic heterocycles. The van der Waals surface area contributed by atoms with Crippen molar-refractivity contribution in [3.8, 4) is 0 Å². The van der Waals surface area contributed by atoms with Crippen molar-refractivity contribution in [1.82, 2.24) is 0 Å². The summed E-state index contributed by atoms with van der Waals surface area (Å²) in [6.45, 7) is 0.161. The number of rotatable bonds is 2. The van der Waals surface area contributed by atoms with Crippen molar-refractivity contribution >= 4 is 23.5 Å². The van der Waals surface area contributed by atoms with E-state index in [0.29, 0.717) is 0 Å². The van der Waals surface area contributed by atoms with Gasteiger partial charge in [0.05, 0.1) is 12.2 Å². The second-order valence-corrected chi connectivity index (χ2v) is 7.14. The van der Waals surface area contributed by atoms with Crippen LogP contribution in [0.15, 0.2) is 0 Å². The molecule has 2 N–H and O–H groups in total. The van der Waals surface area contributed by atoms with E-state index in [4.69, 9.17) is 0 Å². The summed E-state index contributed by atoms with van der Waals surface area (Å²) in [6, 6.07) is 0. The fraction of sp³-hybridized carbons (Fsp3) is 1.00. The minimum Gasteiger partial charge on any atom is -0.396 e. The zero-order valence-corrected chi connectivity index (χ0v) is 10.7. The molecule has 88 valence electrons. The van der Waals surface area contributed by atoms with Gasteiger partial charge in [0.1, 0.15) is 0 Å². The van der Waals surface area contributed by atoms with Crippen LogP contribution in [0.1, 0.15) is 25.7 Å². The number of aliphatic hydroxyl groups is 2. The Morgan fingerprint density at radius 2 is 1.33 bits per heavy atom. The molecular formula is C11H20O2S2. The lowest BCUT2D eigenvalue weighted by atomic mass is 9.65. The molecule has 2 saturated heterocycles. The smallest absolute Gasteiger partial charge is 0.0741 e. The SMILES string of the molecule is OCC1(C2(O)CCSCC2)CCSCC1. The second kappa shape index (κ2) is 4.86. The highest BCUT2D eigenvalue weighted by atomic mass is 32.2. The van der Waals surface area contributed by atoms with Crippen LogP contribution in [0.25, 0.3) is 0 Å². The number of thioether (sulfide) groups is 2. The Hall–Kier alpha value is 0.620. The Labute approximate surface area is 100 Å². The zero-order chi connectivity index (χ0) is 10.8. The Balaban J connectivity index is 2.15. The highest BCUT2D eigenvalue weighted by Crippen LogP contribution is 2.49. The molecule has 0 aromatic carbocycles. The maximum atomic E-state index is 10.8. The Morgan fingerprint density at radius 3 is 1.80 bits per heavy atom. The lowest BCUT2D eigenvalue weighted by Gasteiger charge is -2.50. The number of aliphatic hydroxyl groups excluding tert-OH is 1. The standard InChI is InChI=1S/C11H20O2S2/c12-9-10(1-5-14-6-2-10)11(13)3-7-15-8-4-11/h12-13H,1-9H2. The van der Waals surface area contributed by atoms with E-state index in [9.17, 15) is 10.2 Å². The minimum atomic E-state index is -0.589. The summed E-state index contributed by atoms with van der Waals surface area (Å²) < 4.78 is 0. The molecule has 15 heavy (non-hydrogen) atoms. The Morgan fingerprint density at radius 1 is 0.867 bits per heavy atom. The topological polar surface area (TPSA) is 40.5 Å². The van der Waals surface area contributed by atoms with Crippen LogP contribution in [0.2, 0.25) is 0 Å². The zero-order valence-electron chi connectivity index (χ0n) is 9.07. The van der Waals surface area contributed by atoms with Crippen LogP contribution >= 0.6 is 23.5 Å². The summed E-state index contributed by atoms with van der Waals surface area (Å²) in [7, 11) is 0. The van der Waals surface area contributed by atoms with Crippen LogP contribution < -0.4 is 0 Å². The van der Waals surface area contributed by atoms with Crippen LogP contribution in [0.3, 0.4) is 0 Å². The molecule has 2 rings (SSSR count). The maximum absolute atomic E-state index is 10.8. The van der Waals surface area contributed by atoms with Gasteiger partial charge in [-0.1, -0.05) is 0 Å². The molecular weight excluding hydrogens is 228 g/mol. The van der Waals surface area contributed by atoms with Crippen LogP contribution in [0.4, 0.5) is 0 Å². The van der Waals surface area contributed by atoms with Gasteiger partial charge >= 0.3 is 0 Å². The quantitative estimate of drug-likeness (QED) is 0.781. The summed E-state index contributed by atoms with van der Waals surface area (Å²) in [5, 5.41) is 20.4. The number of hydrogen-bond acceptors (Lipinski definition) is 4. The molecule has 2 heterocycles. The predicted octanol–water partition coefficient (Wildman–Crippen LogP) is 1.75. The fourth-order valence-electron chi connectivity index (χ4n) is 2.77. The summed E-state index contributed by atoms with van der Waals surface area (Å²) in [6.07, 6.45) is 3.69. The van der Waals surface area contributed by atoms with E-state index in [0.717, 1.165) is 48.7 Å². The third-order valence-corrected chi connectivity index (χ3v) is 6.03.